The molecule has 0 fully saturated rings. The van der Waals surface area contributed by atoms with E-state index in [1.807, 2.05) is 42.5 Å². The van der Waals surface area contributed by atoms with Gasteiger partial charge in [0, 0.05) is 44.4 Å². The molecule has 6 aromatic carbocycles. The van der Waals surface area contributed by atoms with Crippen molar-refractivity contribution in [2.24, 2.45) is 0 Å². The van der Waals surface area contributed by atoms with Crippen molar-refractivity contribution in [3.8, 4) is 56.3 Å². The average molecular weight is 714 g/mol. The van der Waals surface area contributed by atoms with E-state index < -0.39 is 0 Å². The van der Waals surface area contributed by atoms with Crippen LogP contribution in [0.2, 0.25) is 0 Å². The molecule has 5 aromatic heterocycles. The molecular formula is C51H31N5. The molecule has 5 heterocycles. The van der Waals surface area contributed by atoms with Crippen LogP contribution >= 0.6 is 0 Å². The molecule has 0 radical (unpaired) electrons. The van der Waals surface area contributed by atoms with E-state index in [-0.39, 0.29) is 0 Å². The van der Waals surface area contributed by atoms with Crippen molar-refractivity contribution >= 4 is 54.4 Å². The molecule has 260 valence electrons. The Bertz CT molecular complexity index is 3310. The van der Waals surface area contributed by atoms with Gasteiger partial charge in [-0.2, -0.15) is 0 Å². The lowest BCUT2D eigenvalue weighted by atomic mass is 9.98. The molecule has 11 rings (SSSR count). The fourth-order valence-electron chi connectivity index (χ4n) is 7.67. The van der Waals surface area contributed by atoms with Gasteiger partial charge < -0.3 is 0 Å². The van der Waals surface area contributed by atoms with Gasteiger partial charge in [-0.05, 0) is 82.6 Å². The van der Waals surface area contributed by atoms with Crippen LogP contribution in [0.1, 0.15) is 0 Å². The van der Waals surface area contributed by atoms with Gasteiger partial charge >= 0.3 is 0 Å². The van der Waals surface area contributed by atoms with Crippen LogP contribution in [0, 0.1) is 0 Å². The smallest absolute Gasteiger partial charge is 0.0972 e. The first-order valence-electron chi connectivity index (χ1n) is 18.7. The number of fused-ring (bicyclic) bond motifs is 6. The summed E-state index contributed by atoms with van der Waals surface area (Å²) in [4.78, 5) is 24.8. The zero-order valence-electron chi connectivity index (χ0n) is 30.1. The molecule has 0 saturated carbocycles. The van der Waals surface area contributed by atoms with Crippen molar-refractivity contribution < 1.29 is 0 Å². The van der Waals surface area contributed by atoms with Crippen LogP contribution in [-0.4, -0.2) is 24.9 Å². The van der Waals surface area contributed by atoms with Crippen molar-refractivity contribution in [1.82, 2.24) is 24.9 Å². The van der Waals surface area contributed by atoms with Crippen LogP contribution in [0.25, 0.3) is 111 Å². The molecule has 0 bridgehead atoms. The van der Waals surface area contributed by atoms with E-state index in [9.17, 15) is 0 Å². The van der Waals surface area contributed by atoms with Crippen molar-refractivity contribution in [3.05, 3.63) is 188 Å². The summed E-state index contributed by atoms with van der Waals surface area (Å²) < 4.78 is 0. The number of nitrogens with zero attached hydrogens (tertiary/aromatic N) is 5. The Morgan fingerprint density at radius 3 is 1.36 bits per heavy atom. The van der Waals surface area contributed by atoms with Gasteiger partial charge in [0.15, 0.2) is 0 Å². The molecule has 56 heavy (non-hydrogen) atoms. The minimum Gasteiger partial charge on any atom is -0.255 e. The van der Waals surface area contributed by atoms with Crippen molar-refractivity contribution in [1.29, 1.82) is 0 Å². The van der Waals surface area contributed by atoms with E-state index in [1.54, 1.807) is 6.20 Å². The Balaban J connectivity index is 0.912. The molecule has 0 aliphatic heterocycles. The summed E-state index contributed by atoms with van der Waals surface area (Å²) in [7, 11) is 0. The van der Waals surface area contributed by atoms with Crippen molar-refractivity contribution in [3.63, 3.8) is 0 Å². The first-order chi connectivity index (χ1) is 27.7. The Morgan fingerprint density at radius 1 is 0.250 bits per heavy atom. The van der Waals surface area contributed by atoms with Crippen LogP contribution in [-0.2, 0) is 0 Å². The van der Waals surface area contributed by atoms with E-state index >= 15 is 0 Å². The molecule has 5 heteroatoms. The summed E-state index contributed by atoms with van der Waals surface area (Å²) in [5.74, 6) is 0. The number of pyridine rings is 5. The zero-order valence-corrected chi connectivity index (χ0v) is 30.1. The van der Waals surface area contributed by atoms with Crippen LogP contribution in [0.3, 0.4) is 0 Å². The third kappa shape index (κ3) is 5.70. The van der Waals surface area contributed by atoms with Gasteiger partial charge in [-0.3, -0.25) is 4.98 Å². The van der Waals surface area contributed by atoms with E-state index in [4.69, 9.17) is 19.9 Å². The average Bonchev–Trinajstić information content (AvgIpc) is 3.28. The van der Waals surface area contributed by atoms with Crippen LogP contribution in [0.15, 0.2) is 188 Å². The quantitative estimate of drug-likeness (QED) is 0.166. The summed E-state index contributed by atoms with van der Waals surface area (Å²) in [5, 5.41) is 6.66. The first kappa shape index (κ1) is 31.9. The summed E-state index contributed by atoms with van der Waals surface area (Å²) in [6.07, 6.45) is 1.80. The predicted octanol–water partition coefficient (Wildman–Crippen LogP) is 12.8. The third-order valence-electron chi connectivity index (χ3n) is 10.7. The molecule has 0 N–H and O–H groups in total. The molecular weight excluding hydrogens is 683 g/mol. The summed E-state index contributed by atoms with van der Waals surface area (Å²) in [5.41, 5.74) is 13.6. The second-order valence-corrected chi connectivity index (χ2v) is 14.2. The van der Waals surface area contributed by atoms with Gasteiger partial charge in [0.05, 0.1) is 50.5 Å². The van der Waals surface area contributed by atoms with E-state index in [1.165, 1.54) is 5.39 Å². The lowest BCUT2D eigenvalue weighted by Gasteiger charge is -2.10. The molecule has 0 aliphatic carbocycles. The molecule has 0 atom stereocenters. The number of rotatable bonds is 5. The molecule has 0 aliphatic rings. The standard InChI is InChI=1S/C51H31N5/c1-2-6-32(7-3-1)43-24-21-35-11-12-36-22-25-45(56-51(36)50(35)55-43)41-18-16-37-28-38(14-15-39(37)29-41)40-13-9-33-19-23-44(53-48(33)30-40)42-17-10-34-20-26-47(54-49(34)31-42)46-8-4-5-27-52-46/h1-31H. The van der Waals surface area contributed by atoms with E-state index in [2.05, 4.69) is 145 Å². The molecule has 0 amide bonds. The van der Waals surface area contributed by atoms with Crippen molar-refractivity contribution in [2.75, 3.05) is 0 Å². The fourth-order valence-corrected chi connectivity index (χ4v) is 7.67. The second kappa shape index (κ2) is 13.0. The lowest BCUT2D eigenvalue weighted by Crippen LogP contribution is -1.91. The highest BCUT2D eigenvalue weighted by Crippen LogP contribution is 2.33. The Kier molecular flexibility index (Phi) is 7.42. The van der Waals surface area contributed by atoms with Gasteiger partial charge in [-0.25, -0.2) is 19.9 Å². The number of hydrogen-bond donors (Lipinski definition) is 0. The first-order valence-corrected chi connectivity index (χ1v) is 18.7. The normalized spacial score (nSPS) is 11.6. The topological polar surface area (TPSA) is 64.5 Å². The van der Waals surface area contributed by atoms with E-state index in [0.29, 0.717) is 0 Å². The van der Waals surface area contributed by atoms with Gasteiger partial charge in [-0.1, -0.05) is 121 Å². The minimum absolute atomic E-state index is 0.854. The number of benzene rings is 6. The monoisotopic (exact) mass is 713 g/mol. The Hall–Kier alpha value is -7.63. The lowest BCUT2D eigenvalue weighted by molar-refractivity contribution is 1.28. The summed E-state index contributed by atoms with van der Waals surface area (Å²) in [6.45, 7) is 0. The van der Waals surface area contributed by atoms with Crippen LogP contribution in [0.4, 0.5) is 0 Å². The zero-order chi connectivity index (χ0) is 37.0. The molecule has 5 nitrogen and oxygen atoms in total. The summed E-state index contributed by atoms with van der Waals surface area (Å²) in [6, 6.07) is 63.4. The molecule has 0 saturated heterocycles. The fraction of sp³-hybridized carbons (Fsp3) is 0. The highest BCUT2D eigenvalue weighted by Gasteiger charge is 2.11. The van der Waals surface area contributed by atoms with Crippen molar-refractivity contribution in [2.45, 2.75) is 0 Å². The molecule has 0 unspecified atom stereocenters. The molecule has 0 spiro atoms. The predicted molar refractivity (Wildman–Crippen MR) is 230 cm³/mol. The van der Waals surface area contributed by atoms with Crippen LogP contribution < -0.4 is 0 Å². The largest absolute Gasteiger partial charge is 0.255 e. The van der Waals surface area contributed by atoms with Gasteiger partial charge in [0.1, 0.15) is 0 Å². The second-order valence-electron chi connectivity index (χ2n) is 14.2. The Morgan fingerprint density at radius 2 is 0.696 bits per heavy atom. The SMILES string of the molecule is c1ccc(-c2ccc3ccc4ccc(-c5ccc6cc(-c7ccc8ccc(-c9ccc%10ccc(-c%11ccccn%11)nc%10c9)nc8c7)ccc6c5)nc4c3n2)cc1. The number of aromatic nitrogens is 5. The third-order valence-corrected chi connectivity index (χ3v) is 10.7. The highest BCUT2D eigenvalue weighted by atomic mass is 14.8. The maximum absolute atomic E-state index is 5.19. The van der Waals surface area contributed by atoms with Gasteiger partial charge in [-0.15, -0.1) is 0 Å². The summed E-state index contributed by atoms with van der Waals surface area (Å²) >= 11 is 0. The maximum atomic E-state index is 5.19. The Labute approximate surface area is 322 Å². The van der Waals surface area contributed by atoms with Gasteiger partial charge in [0.25, 0.3) is 0 Å². The van der Waals surface area contributed by atoms with E-state index in [0.717, 1.165) is 105 Å². The highest BCUT2D eigenvalue weighted by molar-refractivity contribution is 6.04. The molecule has 11 aromatic rings. The van der Waals surface area contributed by atoms with Gasteiger partial charge in [0.2, 0.25) is 0 Å². The van der Waals surface area contributed by atoms with Crippen LogP contribution in [0.5, 0.6) is 0 Å². The maximum Gasteiger partial charge on any atom is 0.0972 e. The minimum atomic E-state index is 0.854. The number of hydrogen-bond acceptors (Lipinski definition) is 5.